The van der Waals surface area contributed by atoms with Crippen LogP contribution in [0.4, 0.5) is 0 Å². The van der Waals surface area contributed by atoms with Gasteiger partial charge in [-0.3, -0.25) is 14.6 Å². The molecule has 1 heterocycles. The Kier molecular flexibility index (Phi) is 6.81. The molecule has 1 atom stereocenters. The predicted octanol–water partition coefficient (Wildman–Crippen LogP) is 0.182. The van der Waals surface area contributed by atoms with Crippen molar-refractivity contribution in [3.63, 3.8) is 0 Å². The topological polar surface area (TPSA) is 88.3 Å². The summed E-state index contributed by atoms with van der Waals surface area (Å²) in [6.45, 7) is 4.26. The van der Waals surface area contributed by atoms with Crippen LogP contribution in [-0.2, 0) is 16.0 Å². The molecular formula is C15H24N4O2. The van der Waals surface area contributed by atoms with Gasteiger partial charge in [-0.2, -0.15) is 0 Å². The Bertz CT molecular complexity index is 462. The summed E-state index contributed by atoms with van der Waals surface area (Å²) in [6.07, 6.45) is 2.41. The van der Waals surface area contributed by atoms with Crippen molar-refractivity contribution in [1.82, 2.24) is 15.2 Å². The lowest BCUT2D eigenvalue weighted by molar-refractivity contribution is -0.132. The third-order valence-electron chi connectivity index (χ3n) is 3.29. The Labute approximate surface area is 125 Å². The van der Waals surface area contributed by atoms with Crippen LogP contribution in [0.3, 0.4) is 0 Å². The molecule has 0 aromatic carbocycles. The number of nitrogens with two attached hydrogens (primary N) is 1. The van der Waals surface area contributed by atoms with Crippen molar-refractivity contribution >= 4 is 11.8 Å². The van der Waals surface area contributed by atoms with E-state index in [2.05, 4.69) is 10.3 Å². The largest absolute Gasteiger partial charge is 0.346 e. The standard InChI is InChI=1S/C15H24N4O2/c1-11(2)14(16)15(21)18-10-13(20)19(3)9-7-12-6-4-5-8-17-12/h4-6,8,11,14H,7,9-10,16H2,1-3H3,(H,18,21)/t14-/m0/s1. The zero-order valence-electron chi connectivity index (χ0n) is 12.9. The van der Waals surface area contributed by atoms with Crippen LogP contribution < -0.4 is 11.1 Å². The lowest BCUT2D eigenvalue weighted by Crippen LogP contribution is -2.47. The SMILES string of the molecule is CC(C)[C@H](N)C(=O)NCC(=O)N(C)CCc1ccccn1. The van der Waals surface area contributed by atoms with Gasteiger partial charge in [0.2, 0.25) is 11.8 Å². The van der Waals surface area contributed by atoms with E-state index < -0.39 is 6.04 Å². The van der Waals surface area contributed by atoms with Gasteiger partial charge < -0.3 is 16.0 Å². The van der Waals surface area contributed by atoms with Gasteiger partial charge in [-0.15, -0.1) is 0 Å². The number of rotatable bonds is 7. The van der Waals surface area contributed by atoms with Gasteiger partial charge in [0.25, 0.3) is 0 Å². The lowest BCUT2D eigenvalue weighted by Gasteiger charge is -2.19. The molecule has 0 aliphatic carbocycles. The number of hydrogen-bond donors (Lipinski definition) is 2. The monoisotopic (exact) mass is 292 g/mol. The summed E-state index contributed by atoms with van der Waals surface area (Å²) in [5, 5.41) is 2.57. The van der Waals surface area contributed by atoms with Gasteiger partial charge in [-0.1, -0.05) is 19.9 Å². The molecule has 1 aromatic rings. The molecule has 0 saturated carbocycles. The molecule has 0 aliphatic rings. The Hall–Kier alpha value is -1.95. The van der Waals surface area contributed by atoms with Gasteiger partial charge in [0.05, 0.1) is 12.6 Å². The minimum atomic E-state index is -0.586. The molecule has 0 saturated heterocycles. The summed E-state index contributed by atoms with van der Waals surface area (Å²) < 4.78 is 0. The molecular weight excluding hydrogens is 268 g/mol. The minimum absolute atomic E-state index is 0.0298. The molecule has 0 fully saturated rings. The molecule has 6 nitrogen and oxygen atoms in total. The first kappa shape index (κ1) is 17.1. The molecule has 0 aliphatic heterocycles. The molecule has 3 N–H and O–H groups in total. The van der Waals surface area contributed by atoms with E-state index in [0.29, 0.717) is 13.0 Å². The van der Waals surface area contributed by atoms with Crippen molar-refractivity contribution in [3.05, 3.63) is 30.1 Å². The highest BCUT2D eigenvalue weighted by Gasteiger charge is 2.18. The van der Waals surface area contributed by atoms with Crippen LogP contribution >= 0.6 is 0 Å². The molecule has 21 heavy (non-hydrogen) atoms. The maximum atomic E-state index is 11.9. The second kappa shape index (κ2) is 8.36. The lowest BCUT2D eigenvalue weighted by atomic mass is 10.1. The Balaban J connectivity index is 2.33. The zero-order chi connectivity index (χ0) is 15.8. The number of nitrogens with one attached hydrogen (secondary N) is 1. The van der Waals surface area contributed by atoms with Crippen LogP contribution in [0.15, 0.2) is 24.4 Å². The van der Waals surface area contributed by atoms with Gasteiger partial charge in [-0.25, -0.2) is 0 Å². The fraction of sp³-hybridized carbons (Fsp3) is 0.533. The van der Waals surface area contributed by atoms with E-state index in [1.165, 1.54) is 0 Å². The number of likely N-dealkylation sites (N-methyl/N-ethyl adjacent to an activating group) is 1. The molecule has 116 valence electrons. The molecule has 2 amide bonds. The van der Waals surface area contributed by atoms with E-state index in [0.717, 1.165) is 5.69 Å². The second-order valence-electron chi connectivity index (χ2n) is 5.37. The number of carbonyl (C=O) groups excluding carboxylic acids is 2. The summed E-state index contributed by atoms with van der Waals surface area (Å²) in [5.74, 6) is -0.395. The zero-order valence-corrected chi connectivity index (χ0v) is 12.9. The van der Waals surface area contributed by atoms with E-state index in [9.17, 15) is 9.59 Å². The number of aromatic nitrogens is 1. The summed E-state index contributed by atoms with van der Waals surface area (Å²) in [4.78, 5) is 29.4. The Morgan fingerprint density at radius 3 is 2.67 bits per heavy atom. The van der Waals surface area contributed by atoms with E-state index in [4.69, 9.17) is 5.73 Å². The van der Waals surface area contributed by atoms with E-state index in [-0.39, 0.29) is 24.3 Å². The van der Waals surface area contributed by atoms with Crippen LogP contribution in [0.2, 0.25) is 0 Å². The first-order valence-corrected chi connectivity index (χ1v) is 7.09. The third-order valence-corrected chi connectivity index (χ3v) is 3.29. The highest BCUT2D eigenvalue weighted by molar-refractivity contribution is 5.87. The minimum Gasteiger partial charge on any atom is -0.346 e. The molecule has 1 rings (SSSR count). The average Bonchev–Trinajstić information content (AvgIpc) is 2.49. The van der Waals surface area contributed by atoms with Gasteiger partial charge in [0.15, 0.2) is 0 Å². The molecule has 0 spiro atoms. The third kappa shape index (κ3) is 5.91. The van der Waals surface area contributed by atoms with Crippen molar-refractivity contribution in [3.8, 4) is 0 Å². The fourth-order valence-electron chi connectivity index (χ4n) is 1.67. The van der Waals surface area contributed by atoms with E-state index in [1.54, 1.807) is 18.1 Å². The van der Waals surface area contributed by atoms with Crippen molar-refractivity contribution < 1.29 is 9.59 Å². The van der Waals surface area contributed by atoms with Crippen LogP contribution in [0, 0.1) is 5.92 Å². The molecule has 0 radical (unpaired) electrons. The van der Waals surface area contributed by atoms with Gasteiger partial charge in [0.1, 0.15) is 0 Å². The maximum absolute atomic E-state index is 11.9. The first-order valence-electron chi connectivity index (χ1n) is 7.09. The second-order valence-corrected chi connectivity index (χ2v) is 5.37. The smallest absolute Gasteiger partial charge is 0.241 e. The van der Waals surface area contributed by atoms with Gasteiger partial charge >= 0.3 is 0 Å². The molecule has 0 bridgehead atoms. The normalized spacial score (nSPS) is 12.0. The highest BCUT2D eigenvalue weighted by atomic mass is 16.2. The van der Waals surface area contributed by atoms with Crippen LogP contribution in [0.25, 0.3) is 0 Å². The number of carbonyl (C=O) groups is 2. The summed E-state index contributed by atoms with van der Waals surface area (Å²) >= 11 is 0. The first-order chi connectivity index (χ1) is 9.91. The number of nitrogens with zero attached hydrogens (tertiary/aromatic N) is 2. The number of pyridine rings is 1. The average molecular weight is 292 g/mol. The summed E-state index contributed by atoms with van der Waals surface area (Å²) in [6, 6.07) is 5.10. The number of amides is 2. The summed E-state index contributed by atoms with van der Waals surface area (Å²) in [7, 11) is 1.71. The maximum Gasteiger partial charge on any atom is 0.241 e. The highest BCUT2D eigenvalue weighted by Crippen LogP contribution is 1.98. The van der Waals surface area contributed by atoms with Gasteiger partial charge in [-0.05, 0) is 18.1 Å². The summed E-state index contributed by atoms with van der Waals surface area (Å²) in [5.41, 5.74) is 6.65. The fourth-order valence-corrected chi connectivity index (χ4v) is 1.67. The van der Waals surface area contributed by atoms with E-state index >= 15 is 0 Å². The van der Waals surface area contributed by atoms with Crippen molar-refractivity contribution in [2.24, 2.45) is 11.7 Å². The number of hydrogen-bond acceptors (Lipinski definition) is 4. The Morgan fingerprint density at radius 1 is 1.38 bits per heavy atom. The van der Waals surface area contributed by atoms with Crippen molar-refractivity contribution in [2.45, 2.75) is 26.3 Å². The predicted molar refractivity (Wildman–Crippen MR) is 81.4 cm³/mol. The molecule has 0 unspecified atom stereocenters. The van der Waals surface area contributed by atoms with Crippen molar-refractivity contribution in [1.29, 1.82) is 0 Å². The van der Waals surface area contributed by atoms with Gasteiger partial charge in [0, 0.05) is 31.9 Å². The van der Waals surface area contributed by atoms with Crippen LogP contribution in [0.5, 0.6) is 0 Å². The quantitative estimate of drug-likeness (QED) is 0.750. The molecule has 1 aromatic heterocycles. The molecule has 6 heteroatoms. The van der Waals surface area contributed by atoms with E-state index in [1.807, 2.05) is 32.0 Å². The van der Waals surface area contributed by atoms with Crippen LogP contribution in [-0.4, -0.2) is 47.9 Å². The van der Waals surface area contributed by atoms with Crippen LogP contribution in [0.1, 0.15) is 19.5 Å². The Morgan fingerprint density at radius 2 is 2.10 bits per heavy atom. The van der Waals surface area contributed by atoms with Crippen molar-refractivity contribution in [2.75, 3.05) is 20.1 Å².